The molecular weight excluding hydrogens is 204 g/mol. The molecule has 0 radical (unpaired) electrons. The van der Waals surface area contributed by atoms with Crippen molar-refractivity contribution in [3.63, 3.8) is 0 Å². The van der Waals surface area contributed by atoms with Gasteiger partial charge < -0.3 is 4.18 Å². The first-order chi connectivity index (χ1) is 4.31. The monoisotopic (exact) mass is 210 g/mol. The van der Waals surface area contributed by atoms with Crippen molar-refractivity contribution in [2.45, 2.75) is 6.92 Å². The van der Waals surface area contributed by atoms with Gasteiger partial charge in [0.1, 0.15) is 6.11 Å². The summed E-state index contributed by atoms with van der Waals surface area (Å²) in [5.41, 5.74) is 0. The third-order valence-corrected chi connectivity index (χ3v) is 2.21. The lowest BCUT2D eigenvalue weighted by Gasteiger charge is -1.90. The van der Waals surface area contributed by atoms with Crippen molar-refractivity contribution in [2.24, 2.45) is 0 Å². The van der Waals surface area contributed by atoms with Gasteiger partial charge in [-0.1, -0.05) is 21.9 Å². The molecule has 1 atom stereocenters. The minimum Gasteiger partial charge on any atom is -0.346 e. The summed E-state index contributed by atoms with van der Waals surface area (Å²) in [4.78, 5) is 0. The Morgan fingerprint density at radius 1 is 1.78 bits per heavy atom. The Bertz CT molecular complexity index is 147. The topological polar surface area (TPSA) is 26.3 Å². The molecule has 0 fully saturated rings. The molecule has 0 amide bonds. The summed E-state index contributed by atoms with van der Waals surface area (Å²) in [5.74, 6) is 2.96. The third-order valence-electron chi connectivity index (χ3n) is 0.480. The van der Waals surface area contributed by atoms with E-state index in [0.29, 0.717) is 11.1 Å². The van der Waals surface area contributed by atoms with Gasteiger partial charge in [0.15, 0.2) is 0 Å². The second-order valence-electron chi connectivity index (χ2n) is 1.13. The van der Waals surface area contributed by atoms with Crippen molar-refractivity contribution in [1.29, 1.82) is 0 Å². The molecule has 0 saturated heterocycles. The van der Waals surface area contributed by atoms with Crippen molar-refractivity contribution >= 4 is 27.0 Å². The van der Waals surface area contributed by atoms with Crippen LogP contribution in [0.5, 0.6) is 0 Å². The van der Waals surface area contributed by atoms with Crippen LogP contribution in [0.25, 0.3) is 0 Å². The standard InChI is InChI=1S/C5H7BrO2S/c1-2-4-8-9(7)5-3-6/h3,5H2,1H3. The van der Waals surface area contributed by atoms with Crippen molar-refractivity contribution in [3.8, 4) is 12.0 Å². The molecule has 52 valence electrons. The zero-order chi connectivity index (χ0) is 7.11. The highest BCUT2D eigenvalue weighted by Crippen LogP contribution is 1.87. The van der Waals surface area contributed by atoms with E-state index in [2.05, 4.69) is 32.1 Å². The summed E-state index contributed by atoms with van der Waals surface area (Å²) in [5, 5.41) is 0.672. The van der Waals surface area contributed by atoms with Crippen LogP contribution in [0.4, 0.5) is 0 Å². The summed E-state index contributed by atoms with van der Waals surface area (Å²) in [6, 6.07) is 0. The Labute approximate surface area is 65.8 Å². The Balaban J connectivity index is 3.35. The highest BCUT2D eigenvalue weighted by atomic mass is 79.9. The Kier molecular flexibility index (Phi) is 6.11. The third kappa shape index (κ3) is 5.87. The maximum atomic E-state index is 10.6. The van der Waals surface area contributed by atoms with E-state index in [1.54, 1.807) is 6.92 Å². The van der Waals surface area contributed by atoms with E-state index in [4.69, 9.17) is 0 Å². The van der Waals surface area contributed by atoms with Gasteiger partial charge in [-0.05, 0) is 0 Å². The average molecular weight is 211 g/mol. The second kappa shape index (κ2) is 6.12. The van der Waals surface area contributed by atoms with Crippen LogP contribution in [0.1, 0.15) is 6.92 Å². The molecule has 0 aliphatic carbocycles. The fraction of sp³-hybridized carbons (Fsp3) is 0.600. The number of hydrogen-bond donors (Lipinski definition) is 0. The van der Waals surface area contributed by atoms with Crippen molar-refractivity contribution in [2.75, 3.05) is 11.1 Å². The molecule has 9 heavy (non-hydrogen) atoms. The Morgan fingerprint density at radius 3 is 2.89 bits per heavy atom. The maximum absolute atomic E-state index is 10.6. The second-order valence-corrected chi connectivity index (χ2v) is 3.11. The quantitative estimate of drug-likeness (QED) is 0.515. The number of alkyl halides is 1. The fourth-order valence-electron chi connectivity index (χ4n) is 0.193. The molecule has 0 bridgehead atoms. The molecule has 0 aromatic rings. The van der Waals surface area contributed by atoms with Gasteiger partial charge in [0.05, 0.1) is 5.75 Å². The molecule has 0 aliphatic rings. The predicted octanol–water partition coefficient (Wildman–Crippen LogP) is 1.04. The van der Waals surface area contributed by atoms with Gasteiger partial charge in [-0.25, -0.2) is 4.21 Å². The van der Waals surface area contributed by atoms with Gasteiger partial charge in [-0.2, -0.15) is 0 Å². The van der Waals surface area contributed by atoms with Crippen molar-refractivity contribution < 1.29 is 8.39 Å². The molecule has 0 rings (SSSR count). The fourth-order valence-corrected chi connectivity index (χ4v) is 1.37. The van der Waals surface area contributed by atoms with E-state index in [9.17, 15) is 4.21 Å². The largest absolute Gasteiger partial charge is 0.346 e. The zero-order valence-corrected chi connectivity index (χ0v) is 7.42. The van der Waals surface area contributed by atoms with Crippen LogP contribution in [-0.2, 0) is 15.3 Å². The van der Waals surface area contributed by atoms with Gasteiger partial charge in [-0.15, -0.1) is 0 Å². The molecule has 2 nitrogen and oxygen atoms in total. The molecule has 0 heterocycles. The number of rotatable bonds is 3. The van der Waals surface area contributed by atoms with E-state index >= 15 is 0 Å². The van der Waals surface area contributed by atoms with Crippen LogP contribution < -0.4 is 0 Å². The van der Waals surface area contributed by atoms with E-state index in [1.807, 2.05) is 0 Å². The number of halogens is 1. The first-order valence-electron chi connectivity index (χ1n) is 2.34. The van der Waals surface area contributed by atoms with Gasteiger partial charge in [0, 0.05) is 12.3 Å². The van der Waals surface area contributed by atoms with Gasteiger partial charge >= 0.3 is 0 Å². The lowest BCUT2D eigenvalue weighted by molar-refractivity contribution is 0.537. The normalized spacial score (nSPS) is 11.3. The summed E-state index contributed by atoms with van der Waals surface area (Å²) >= 11 is 1.88. The van der Waals surface area contributed by atoms with E-state index in [0.717, 1.165) is 0 Å². The van der Waals surface area contributed by atoms with E-state index in [-0.39, 0.29) is 0 Å². The highest BCUT2D eigenvalue weighted by Gasteiger charge is 1.93. The van der Waals surface area contributed by atoms with Gasteiger partial charge in [0.2, 0.25) is 11.1 Å². The molecule has 0 spiro atoms. The Hall–Kier alpha value is -0.0100. The minimum absolute atomic E-state index is 0.481. The van der Waals surface area contributed by atoms with Gasteiger partial charge in [-0.3, -0.25) is 0 Å². The first-order valence-corrected chi connectivity index (χ1v) is 4.71. The smallest absolute Gasteiger partial charge is 0.216 e. The summed E-state index contributed by atoms with van der Waals surface area (Å²) in [6.45, 7) is 1.63. The van der Waals surface area contributed by atoms with Crippen LogP contribution in [0.2, 0.25) is 0 Å². The van der Waals surface area contributed by atoms with Crippen LogP contribution in [-0.4, -0.2) is 15.3 Å². The molecule has 0 aromatic heterocycles. The molecule has 0 aromatic carbocycles. The maximum Gasteiger partial charge on any atom is 0.216 e. The summed E-state index contributed by atoms with van der Waals surface area (Å²) in [6.07, 6.45) is 2.26. The van der Waals surface area contributed by atoms with Crippen LogP contribution in [0, 0.1) is 12.0 Å². The average Bonchev–Trinajstić information content (AvgIpc) is 1.85. The molecule has 0 N–H and O–H groups in total. The van der Waals surface area contributed by atoms with Crippen molar-refractivity contribution in [3.05, 3.63) is 0 Å². The molecule has 4 heteroatoms. The van der Waals surface area contributed by atoms with Crippen LogP contribution in [0.15, 0.2) is 0 Å². The SMILES string of the molecule is CC#COS(=O)CCBr. The minimum atomic E-state index is -1.24. The lowest BCUT2D eigenvalue weighted by Crippen LogP contribution is -1.98. The Morgan fingerprint density at radius 2 is 2.44 bits per heavy atom. The highest BCUT2D eigenvalue weighted by molar-refractivity contribution is 9.09. The lowest BCUT2D eigenvalue weighted by atomic mass is 10.8. The summed E-state index contributed by atoms with van der Waals surface area (Å²) < 4.78 is 15.1. The van der Waals surface area contributed by atoms with E-state index < -0.39 is 11.1 Å². The first kappa shape index (κ1) is 8.99. The number of hydrogen-bond acceptors (Lipinski definition) is 2. The van der Waals surface area contributed by atoms with Crippen molar-refractivity contribution in [1.82, 2.24) is 0 Å². The van der Waals surface area contributed by atoms with Crippen LogP contribution in [0.3, 0.4) is 0 Å². The predicted molar refractivity (Wildman–Crippen MR) is 41.3 cm³/mol. The molecule has 0 aliphatic heterocycles. The van der Waals surface area contributed by atoms with Gasteiger partial charge in [0.25, 0.3) is 0 Å². The molecule has 1 unspecified atom stereocenters. The molecule has 0 saturated carbocycles. The summed E-state index contributed by atoms with van der Waals surface area (Å²) in [7, 11) is 0. The van der Waals surface area contributed by atoms with Crippen LogP contribution >= 0.6 is 15.9 Å². The van der Waals surface area contributed by atoms with E-state index in [1.165, 1.54) is 0 Å². The molecular formula is C5H7BrO2S. The zero-order valence-electron chi connectivity index (χ0n) is 5.02.